The third-order valence-electron chi connectivity index (χ3n) is 4.59. The lowest BCUT2D eigenvalue weighted by atomic mass is 9.77. The fourth-order valence-electron chi connectivity index (χ4n) is 3.42. The Morgan fingerprint density at radius 3 is 2.84 bits per heavy atom. The van der Waals surface area contributed by atoms with Gasteiger partial charge in [0.1, 0.15) is 5.82 Å². The third-order valence-corrected chi connectivity index (χ3v) is 4.59. The van der Waals surface area contributed by atoms with Crippen molar-refractivity contribution in [3.8, 4) is 0 Å². The zero-order chi connectivity index (χ0) is 13.3. The summed E-state index contributed by atoms with van der Waals surface area (Å²) in [6, 6.07) is 8.51. The molecule has 0 radical (unpaired) electrons. The number of piperidine rings is 1. The molecule has 2 heterocycles. The summed E-state index contributed by atoms with van der Waals surface area (Å²) in [7, 11) is 0. The number of hydrogen-bond donors (Lipinski definition) is 1. The second-order valence-corrected chi connectivity index (χ2v) is 5.58. The van der Waals surface area contributed by atoms with Crippen LogP contribution < -0.4 is 5.32 Å². The molecule has 1 aliphatic heterocycles. The normalized spacial score (nSPS) is 23.9. The summed E-state index contributed by atoms with van der Waals surface area (Å²) in [6.07, 6.45) is 3.66. The van der Waals surface area contributed by atoms with Gasteiger partial charge in [0.15, 0.2) is 0 Å². The summed E-state index contributed by atoms with van der Waals surface area (Å²) in [5, 5.41) is 3.57. The van der Waals surface area contributed by atoms with Gasteiger partial charge in [0, 0.05) is 18.5 Å². The van der Waals surface area contributed by atoms with E-state index < -0.39 is 0 Å². The zero-order valence-electron chi connectivity index (χ0n) is 11.9. The fraction of sp³-hybridized carbons (Fsp3) is 0.562. The molecular weight excluding hydrogens is 234 g/mol. The number of imidazole rings is 1. The van der Waals surface area contributed by atoms with Crippen LogP contribution in [0.4, 0.5) is 0 Å². The number of hydrogen-bond acceptors (Lipinski definition) is 2. The van der Waals surface area contributed by atoms with Gasteiger partial charge in [-0.05, 0) is 44.9 Å². The molecule has 3 heteroatoms. The number of nitrogens with one attached hydrogen (secondary N) is 1. The summed E-state index contributed by atoms with van der Waals surface area (Å²) in [4.78, 5) is 4.97. The molecule has 0 amide bonds. The van der Waals surface area contributed by atoms with Gasteiger partial charge in [-0.1, -0.05) is 19.1 Å². The van der Waals surface area contributed by atoms with Gasteiger partial charge >= 0.3 is 0 Å². The highest BCUT2D eigenvalue weighted by Crippen LogP contribution is 2.35. The molecule has 3 rings (SSSR count). The van der Waals surface area contributed by atoms with Gasteiger partial charge in [-0.2, -0.15) is 0 Å². The van der Waals surface area contributed by atoms with Crippen LogP contribution in [0.1, 0.15) is 38.9 Å². The Bertz CT molecular complexity index is 564. The van der Waals surface area contributed by atoms with Crippen molar-refractivity contribution in [2.45, 2.75) is 45.1 Å². The van der Waals surface area contributed by atoms with Crippen LogP contribution >= 0.6 is 0 Å². The Labute approximate surface area is 115 Å². The highest BCUT2D eigenvalue weighted by atomic mass is 15.1. The molecule has 1 N–H and O–H groups in total. The van der Waals surface area contributed by atoms with Gasteiger partial charge in [-0.25, -0.2) is 4.98 Å². The first kappa shape index (κ1) is 12.7. The first-order valence-corrected chi connectivity index (χ1v) is 7.47. The molecule has 0 aliphatic carbocycles. The Balaban J connectivity index is 2.17. The lowest BCUT2D eigenvalue weighted by Gasteiger charge is -2.36. The SMILES string of the molecule is CCn1c(C2(CC)CCCNC2)nc2ccccc21. The van der Waals surface area contributed by atoms with E-state index in [4.69, 9.17) is 4.98 Å². The van der Waals surface area contributed by atoms with Crippen molar-refractivity contribution in [3.63, 3.8) is 0 Å². The average Bonchev–Trinajstić information content (AvgIpc) is 2.87. The molecular formula is C16H23N3. The topological polar surface area (TPSA) is 29.9 Å². The first-order chi connectivity index (χ1) is 9.30. The molecule has 0 bridgehead atoms. The molecule has 3 nitrogen and oxygen atoms in total. The maximum atomic E-state index is 4.97. The standard InChI is InChI=1S/C16H23N3/c1-3-16(10-7-11-17-12-16)15-18-13-8-5-6-9-14(13)19(15)4-2/h5-6,8-9,17H,3-4,7,10-12H2,1-2H3. The first-order valence-electron chi connectivity index (χ1n) is 7.47. The van der Waals surface area contributed by atoms with E-state index >= 15 is 0 Å². The van der Waals surface area contributed by atoms with E-state index in [0.717, 1.165) is 31.6 Å². The van der Waals surface area contributed by atoms with Crippen LogP contribution in [0.25, 0.3) is 11.0 Å². The molecule has 1 aromatic carbocycles. The van der Waals surface area contributed by atoms with E-state index in [1.165, 1.54) is 24.2 Å². The Kier molecular flexibility index (Phi) is 3.31. The number of aryl methyl sites for hydroxylation is 1. The lowest BCUT2D eigenvalue weighted by molar-refractivity contribution is 0.280. The number of fused-ring (bicyclic) bond motifs is 1. The molecule has 1 unspecified atom stereocenters. The van der Waals surface area contributed by atoms with Crippen LogP contribution in [-0.4, -0.2) is 22.6 Å². The fourth-order valence-corrected chi connectivity index (χ4v) is 3.42. The molecule has 1 atom stereocenters. The predicted molar refractivity (Wildman–Crippen MR) is 79.5 cm³/mol. The van der Waals surface area contributed by atoms with Gasteiger partial charge in [-0.15, -0.1) is 0 Å². The van der Waals surface area contributed by atoms with Crippen molar-refractivity contribution in [1.29, 1.82) is 0 Å². The van der Waals surface area contributed by atoms with Crippen molar-refractivity contribution in [2.75, 3.05) is 13.1 Å². The number of nitrogens with zero attached hydrogens (tertiary/aromatic N) is 2. The smallest absolute Gasteiger partial charge is 0.117 e. The quantitative estimate of drug-likeness (QED) is 0.915. The second kappa shape index (κ2) is 4.97. The monoisotopic (exact) mass is 257 g/mol. The highest BCUT2D eigenvalue weighted by molar-refractivity contribution is 5.76. The van der Waals surface area contributed by atoms with E-state index in [1.54, 1.807) is 0 Å². The molecule has 0 spiro atoms. The van der Waals surface area contributed by atoms with Gasteiger partial charge in [0.2, 0.25) is 0 Å². The Morgan fingerprint density at radius 2 is 2.16 bits per heavy atom. The molecule has 1 aliphatic rings. The summed E-state index contributed by atoms with van der Waals surface area (Å²) in [5.41, 5.74) is 2.63. The number of rotatable bonds is 3. The molecule has 1 aromatic heterocycles. The zero-order valence-corrected chi connectivity index (χ0v) is 11.9. The third kappa shape index (κ3) is 1.96. The molecule has 1 saturated heterocycles. The van der Waals surface area contributed by atoms with Crippen LogP contribution in [0.3, 0.4) is 0 Å². The van der Waals surface area contributed by atoms with E-state index in [9.17, 15) is 0 Å². The van der Waals surface area contributed by atoms with Gasteiger partial charge in [-0.3, -0.25) is 0 Å². The summed E-state index contributed by atoms with van der Waals surface area (Å²) < 4.78 is 2.41. The minimum Gasteiger partial charge on any atom is -0.328 e. The average molecular weight is 257 g/mol. The van der Waals surface area contributed by atoms with Gasteiger partial charge in [0.25, 0.3) is 0 Å². The summed E-state index contributed by atoms with van der Waals surface area (Å²) >= 11 is 0. The maximum absolute atomic E-state index is 4.97. The van der Waals surface area contributed by atoms with Crippen molar-refractivity contribution >= 4 is 11.0 Å². The largest absolute Gasteiger partial charge is 0.328 e. The highest BCUT2D eigenvalue weighted by Gasteiger charge is 2.36. The Morgan fingerprint density at radius 1 is 1.32 bits per heavy atom. The van der Waals surface area contributed by atoms with E-state index in [1.807, 2.05) is 0 Å². The summed E-state index contributed by atoms with van der Waals surface area (Å²) in [5.74, 6) is 1.28. The lowest BCUT2D eigenvalue weighted by Crippen LogP contribution is -2.44. The van der Waals surface area contributed by atoms with Gasteiger partial charge in [0.05, 0.1) is 11.0 Å². The minimum absolute atomic E-state index is 0.216. The molecule has 0 saturated carbocycles. The predicted octanol–water partition coefficient (Wildman–Crippen LogP) is 3.09. The van der Waals surface area contributed by atoms with Crippen LogP contribution in [0.5, 0.6) is 0 Å². The molecule has 2 aromatic rings. The van der Waals surface area contributed by atoms with Crippen molar-refractivity contribution in [1.82, 2.24) is 14.9 Å². The van der Waals surface area contributed by atoms with Crippen LogP contribution in [0.2, 0.25) is 0 Å². The van der Waals surface area contributed by atoms with E-state index in [-0.39, 0.29) is 5.41 Å². The number of para-hydroxylation sites is 2. The van der Waals surface area contributed by atoms with Crippen LogP contribution in [0, 0.1) is 0 Å². The molecule has 19 heavy (non-hydrogen) atoms. The van der Waals surface area contributed by atoms with Crippen LogP contribution in [0.15, 0.2) is 24.3 Å². The van der Waals surface area contributed by atoms with Crippen molar-refractivity contribution in [3.05, 3.63) is 30.1 Å². The Hall–Kier alpha value is -1.35. The summed E-state index contributed by atoms with van der Waals surface area (Å²) in [6.45, 7) is 7.72. The van der Waals surface area contributed by atoms with E-state index in [2.05, 4.69) is 48.0 Å². The number of aromatic nitrogens is 2. The maximum Gasteiger partial charge on any atom is 0.117 e. The van der Waals surface area contributed by atoms with E-state index in [0.29, 0.717) is 0 Å². The van der Waals surface area contributed by atoms with Crippen molar-refractivity contribution in [2.24, 2.45) is 0 Å². The van der Waals surface area contributed by atoms with Gasteiger partial charge < -0.3 is 9.88 Å². The second-order valence-electron chi connectivity index (χ2n) is 5.58. The molecule has 102 valence electrons. The van der Waals surface area contributed by atoms with Crippen molar-refractivity contribution < 1.29 is 0 Å². The minimum atomic E-state index is 0.216. The van der Waals surface area contributed by atoms with Crippen LogP contribution in [-0.2, 0) is 12.0 Å². The molecule has 1 fully saturated rings. The number of benzene rings is 1.